The van der Waals surface area contributed by atoms with E-state index < -0.39 is 11.6 Å². The smallest absolute Gasteiger partial charge is 0.257 e. The molecule has 1 aliphatic heterocycles. The van der Waals surface area contributed by atoms with Crippen molar-refractivity contribution in [1.29, 1.82) is 0 Å². The standard InChI is InChI=1S/C17H24F2N2O2/c18-14-6-7-16(15(19)12-14)23-13-17(22)20-8-5-11-21-9-3-1-2-4-10-21/h6-7,12H,1-5,8-11,13H2,(H,20,22). The molecule has 23 heavy (non-hydrogen) atoms. The van der Waals surface area contributed by atoms with Gasteiger partial charge in [0.2, 0.25) is 0 Å². The molecule has 1 aromatic carbocycles. The maximum Gasteiger partial charge on any atom is 0.257 e. The third kappa shape index (κ3) is 6.52. The van der Waals surface area contributed by atoms with E-state index in [0.29, 0.717) is 6.54 Å². The number of hydrogen-bond donors (Lipinski definition) is 1. The number of benzene rings is 1. The van der Waals surface area contributed by atoms with Gasteiger partial charge in [-0.3, -0.25) is 4.79 Å². The fraction of sp³-hybridized carbons (Fsp3) is 0.588. The molecule has 0 atom stereocenters. The van der Waals surface area contributed by atoms with E-state index in [9.17, 15) is 13.6 Å². The quantitative estimate of drug-likeness (QED) is 0.784. The number of nitrogens with zero attached hydrogens (tertiary/aromatic N) is 1. The molecule has 2 rings (SSSR count). The molecule has 0 saturated carbocycles. The maximum absolute atomic E-state index is 13.3. The Morgan fingerprint density at radius 1 is 1.17 bits per heavy atom. The van der Waals surface area contributed by atoms with E-state index in [-0.39, 0.29) is 18.3 Å². The lowest BCUT2D eigenvalue weighted by Gasteiger charge is -2.19. The summed E-state index contributed by atoms with van der Waals surface area (Å²) in [4.78, 5) is 14.1. The zero-order valence-corrected chi connectivity index (χ0v) is 13.3. The first-order valence-electron chi connectivity index (χ1n) is 8.22. The number of hydrogen-bond acceptors (Lipinski definition) is 3. The number of amides is 1. The SMILES string of the molecule is O=C(COc1ccc(F)cc1F)NCCCN1CCCCCC1. The van der Waals surface area contributed by atoms with Crippen LogP contribution in [0, 0.1) is 11.6 Å². The van der Waals surface area contributed by atoms with Gasteiger partial charge in [-0.2, -0.15) is 0 Å². The van der Waals surface area contributed by atoms with Crippen LogP contribution in [-0.2, 0) is 4.79 Å². The molecular formula is C17H24F2N2O2. The van der Waals surface area contributed by atoms with Gasteiger partial charge < -0.3 is 15.0 Å². The molecule has 0 spiro atoms. The Morgan fingerprint density at radius 2 is 1.91 bits per heavy atom. The number of carbonyl (C=O) groups excluding carboxylic acids is 1. The van der Waals surface area contributed by atoms with E-state index in [0.717, 1.165) is 38.2 Å². The van der Waals surface area contributed by atoms with E-state index in [1.54, 1.807) is 0 Å². The second kappa shape index (κ2) is 9.45. The van der Waals surface area contributed by atoms with Gasteiger partial charge in [0.1, 0.15) is 5.82 Å². The highest BCUT2D eigenvalue weighted by atomic mass is 19.1. The molecule has 0 aliphatic carbocycles. The van der Waals surface area contributed by atoms with E-state index in [2.05, 4.69) is 10.2 Å². The minimum atomic E-state index is -0.807. The lowest BCUT2D eigenvalue weighted by molar-refractivity contribution is -0.123. The highest BCUT2D eigenvalue weighted by molar-refractivity contribution is 5.77. The second-order valence-electron chi connectivity index (χ2n) is 5.82. The summed E-state index contributed by atoms with van der Waals surface area (Å²) in [6.07, 6.45) is 6.01. The van der Waals surface area contributed by atoms with Crippen LogP contribution in [0.2, 0.25) is 0 Å². The molecule has 1 aliphatic rings. The van der Waals surface area contributed by atoms with Gasteiger partial charge in [0.15, 0.2) is 18.2 Å². The average molecular weight is 326 g/mol. The molecule has 128 valence electrons. The fourth-order valence-electron chi connectivity index (χ4n) is 2.68. The predicted octanol–water partition coefficient (Wildman–Crippen LogP) is 2.73. The fourth-order valence-corrected chi connectivity index (χ4v) is 2.68. The van der Waals surface area contributed by atoms with E-state index in [1.807, 2.05) is 0 Å². The Morgan fingerprint density at radius 3 is 2.61 bits per heavy atom. The highest BCUT2D eigenvalue weighted by Crippen LogP contribution is 2.17. The van der Waals surface area contributed by atoms with Crippen molar-refractivity contribution in [2.24, 2.45) is 0 Å². The van der Waals surface area contributed by atoms with Crippen molar-refractivity contribution in [2.45, 2.75) is 32.1 Å². The summed E-state index contributed by atoms with van der Waals surface area (Å²) in [5, 5.41) is 2.75. The monoisotopic (exact) mass is 326 g/mol. The van der Waals surface area contributed by atoms with Crippen LogP contribution in [0.1, 0.15) is 32.1 Å². The Labute approximate surface area is 135 Å². The lowest BCUT2D eigenvalue weighted by atomic mass is 10.2. The van der Waals surface area contributed by atoms with Gasteiger partial charge in [-0.15, -0.1) is 0 Å². The van der Waals surface area contributed by atoms with Crippen LogP contribution in [0.4, 0.5) is 8.78 Å². The number of halogens is 2. The van der Waals surface area contributed by atoms with Crippen LogP contribution in [0.3, 0.4) is 0 Å². The molecule has 0 unspecified atom stereocenters. The van der Waals surface area contributed by atoms with Crippen molar-refractivity contribution in [1.82, 2.24) is 10.2 Å². The first-order chi connectivity index (χ1) is 11.1. The Kier molecular flexibility index (Phi) is 7.26. The summed E-state index contributed by atoms with van der Waals surface area (Å²) >= 11 is 0. The van der Waals surface area contributed by atoms with Crippen LogP contribution in [0.25, 0.3) is 0 Å². The summed E-state index contributed by atoms with van der Waals surface area (Å²) in [5.74, 6) is -1.90. The minimum absolute atomic E-state index is 0.119. The first kappa shape index (κ1) is 17.7. The molecule has 1 N–H and O–H groups in total. The summed E-state index contributed by atoms with van der Waals surface area (Å²) in [7, 11) is 0. The number of carbonyl (C=O) groups is 1. The predicted molar refractivity (Wildman–Crippen MR) is 84.4 cm³/mol. The van der Waals surface area contributed by atoms with Crippen LogP contribution < -0.4 is 10.1 Å². The van der Waals surface area contributed by atoms with Crippen molar-refractivity contribution in [3.63, 3.8) is 0 Å². The Hall–Kier alpha value is -1.69. The molecule has 0 radical (unpaired) electrons. The summed E-state index contributed by atoms with van der Waals surface area (Å²) in [5.41, 5.74) is 0. The Balaban J connectivity index is 1.59. The van der Waals surface area contributed by atoms with E-state index in [1.165, 1.54) is 31.7 Å². The number of likely N-dealkylation sites (tertiary alicyclic amines) is 1. The van der Waals surface area contributed by atoms with Crippen LogP contribution in [-0.4, -0.2) is 43.6 Å². The van der Waals surface area contributed by atoms with Crippen molar-refractivity contribution < 1.29 is 18.3 Å². The van der Waals surface area contributed by atoms with Crippen molar-refractivity contribution in [2.75, 3.05) is 32.8 Å². The average Bonchev–Trinajstić information content (AvgIpc) is 2.79. The molecular weight excluding hydrogens is 302 g/mol. The Bertz CT molecular complexity index is 503. The molecule has 1 heterocycles. The molecule has 0 bridgehead atoms. The van der Waals surface area contributed by atoms with Gasteiger partial charge in [0.25, 0.3) is 5.91 Å². The van der Waals surface area contributed by atoms with Gasteiger partial charge in [-0.1, -0.05) is 12.8 Å². The van der Waals surface area contributed by atoms with Gasteiger partial charge in [0, 0.05) is 12.6 Å². The van der Waals surface area contributed by atoms with E-state index >= 15 is 0 Å². The lowest BCUT2D eigenvalue weighted by Crippen LogP contribution is -2.33. The van der Waals surface area contributed by atoms with Gasteiger partial charge in [0.05, 0.1) is 0 Å². The zero-order chi connectivity index (χ0) is 16.5. The van der Waals surface area contributed by atoms with Crippen molar-refractivity contribution in [3.8, 4) is 5.75 Å². The molecule has 1 saturated heterocycles. The normalized spacial score (nSPS) is 15.9. The number of ether oxygens (including phenoxy) is 1. The maximum atomic E-state index is 13.3. The molecule has 6 heteroatoms. The molecule has 1 amide bonds. The summed E-state index contributed by atoms with van der Waals surface area (Å²) < 4.78 is 31.1. The zero-order valence-electron chi connectivity index (χ0n) is 13.3. The summed E-state index contributed by atoms with van der Waals surface area (Å²) in [6.45, 7) is 3.56. The van der Waals surface area contributed by atoms with Gasteiger partial charge in [-0.05, 0) is 51.0 Å². The van der Waals surface area contributed by atoms with Crippen LogP contribution >= 0.6 is 0 Å². The largest absolute Gasteiger partial charge is 0.481 e. The number of rotatable bonds is 7. The summed E-state index contributed by atoms with van der Waals surface area (Å²) in [6, 6.07) is 3.00. The molecule has 4 nitrogen and oxygen atoms in total. The molecule has 0 aromatic heterocycles. The first-order valence-corrected chi connectivity index (χ1v) is 8.22. The minimum Gasteiger partial charge on any atom is -0.481 e. The van der Waals surface area contributed by atoms with Crippen LogP contribution in [0.15, 0.2) is 18.2 Å². The topological polar surface area (TPSA) is 41.6 Å². The number of nitrogens with one attached hydrogen (secondary N) is 1. The highest BCUT2D eigenvalue weighted by Gasteiger charge is 2.10. The third-order valence-corrected chi connectivity index (χ3v) is 3.92. The van der Waals surface area contributed by atoms with Gasteiger partial charge >= 0.3 is 0 Å². The van der Waals surface area contributed by atoms with Crippen molar-refractivity contribution >= 4 is 5.91 Å². The second-order valence-corrected chi connectivity index (χ2v) is 5.82. The molecule has 1 aromatic rings. The van der Waals surface area contributed by atoms with E-state index in [4.69, 9.17) is 4.74 Å². The third-order valence-electron chi connectivity index (χ3n) is 3.92. The van der Waals surface area contributed by atoms with Crippen LogP contribution in [0.5, 0.6) is 5.75 Å². The van der Waals surface area contributed by atoms with Gasteiger partial charge in [-0.25, -0.2) is 8.78 Å². The van der Waals surface area contributed by atoms with Crippen molar-refractivity contribution in [3.05, 3.63) is 29.8 Å². The molecule has 1 fully saturated rings.